The predicted octanol–water partition coefficient (Wildman–Crippen LogP) is 3.69. The maximum atomic E-state index is 15.1. The maximum Gasteiger partial charge on any atom is 0.254 e. The van der Waals surface area contributed by atoms with Crippen molar-refractivity contribution in [2.75, 3.05) is 24.5 Å². The molecule has 1 saturated heterocycles. The van der Waals surface area contributed by atoms with E-state index in [-0.39, 0.29) is 11.7 Å². The molecule has 0 aliphatic carbocycles. The molecular weight excluding hydrogens is 485 g/mol. The Labute approximate surface area is 219 Å². The van der Waals surface area contributed by atoms with Crippen LogP contribution in [0.4, 0.5) is 10.2 Å². The van der Waals surface area contributed by atoms with Gasteiger partial charge in [-0.15, -0.1) is 0 Å². The van der Waals surface area contributed by atoms with E-state index in [4.69, 9.17) is 0 Å². The molecule has 4 aromatic rings. The molecule has 1 amide bonds. The van der Waals surface area contributed by atoms with E-state index in [0.29, 0.717) is 59.0 Å². The van der Waals surface area contributed by atoms with Gasteiger partial charge in [0.25, 0.3) is 5.91 Å². The number of aromatic nitrogens is 4. The van der Waals surface area contributed by atoms with Crippen LogP contribution in [0.3, 0.4) is 0 Å². The smallest absolute Gasteiger partial charge is 0.254 e. The number of piperazine rings is 1. The second-order valence-electron chi connectivity index (χ2n) is 10.6. The molecule has 38 heavy (non-hydrogen) atoms. The molecule has 1 aliphatic rings. The van der Waals surface area contributed by atoms with E-state index >= 15 is 4.39 Å². The third-order valence-corrected chi connectivity index (χ3v) is 6.82. The number of halogens is 1. The van der Waals surface area contributed by atoms with Gasteiger partial charge in [0.1, 0.15) is 29.4 Å². The number of pyridine rings is 1. The molecule has 194 valence electrons. The topological polar surface area (TPSA) is 111 Å². The summed E-state index contributed by atoms with van der Waals surface area (Å²) in [4.78, 5) is 30.2. The number of rotatable bonds is 4. The second kappa shape index (κ2) is 9.19. The number of nitriles is 1. The minimum absolute atomic E-state index is 0.334. The predicted molar refractivity (Wildman–Crippen MR) is 141 cm³/mol. The van der Waals surface area contributed by atoms with E-state index in [1.54, 1.807) is 52.2 Å². The van der Waals surface area contributed by atoms with E-state index < -0.39 is 11.1 Å². The van der Waals surface area contributed by atoms with Crippen LogP contribution >= 0.6 is 0 Å². The lowest BCUT2D eigenvalue weighted by atomic mass is 9.96. The van der Waals surface area contributed by atoms with Crippen molar-refractivity contribution in [1.29, 1.82) is 5.26 Å². The number of carbonyl (C=O) groups excluding carboxylic acids is 1. The van der Waals surface area contributed by atoms with Gasteiger partial charge in [-0.1, -0.05) is 18.2 Å². The van der Waals surface area contributed by atoms with Gasteiger partial charge < -0.3 is 14.9 Å². The number of amides is 1. The first-order valence-corrected chi connectivity index (χ1v) is 12.3. The fourth-order valence-electron chi connectivity index (χ4n) is 5.04. The van der Waals surface area contributed by atoms with Crippen LogP contribution < -0.4 is 4.90 Å². The minimum atomic E-state index is -1.47. The maximum absolute atomic E-state index is 15.1. The summed E-state index contributed by atoms with van der Waals surface area (Å²) < 4.78 is 16.9. The number of anilines is 1. The molecule has 1 N–H and O–H groups in total. The largest absolute Gasteiger partial charge is 0.381 e. The third kappa shape index (κ3) is 4.35. The van der Waals surface area contributed by atoms with Crippen molar-refractivity contribution in [3.05, 3.63) is 66.5 Å². The minimum Gasteiger partial charge on any atom is -0.381 e. The summed E-state index contributed by atoms with van der Waals surface area (Å²) in [6, 6.07) is 11.9. The Kier molecular flexibility index (Phi) is 6.12. The van der Waals surface area contributed by atoms with Gasteiger partial charge in [-0.05, 0) is 45.9 Å². The first-order chi connectivity index (χ1) is 18.0. The van der Waals surface area contributed by atoms with Crippen LogP contribution in [0.1, 0.15) is 33.3 Å². The molecule has 0 radical (unpaired) electrons. The van der Waals surface area contributed by atoms with E-state index in [2.05, 4.69) is 25.9 Å². The van der Waals surface area contributed by atoms with Gasteiger partial charge in [0.15, 0.2) is 5.65 Å². The van der Waals surface area contributed by atoms with Crippen molar-refractivity contribution in [3.8, 4) is 23.0 Å². The van der Waals surface area contributed by atoms with Gasteiger partial charge in [-0.2, -0.15) is 5.26 Å². The summed E-state index contributed by atoms with van der Waals surface area (Å²) >= 11 is 0. The van der Waals surface area contributed by atoms with E-state index in [1.165, 1.54) is 26.2 Å². The lowest BCUT2D eigenvalue weighted by Crippen LogP contribution is -2.63. The number of carbonyl (C=O) groups is 1. The van der Waals surface area contributed by atoms with Gasteiger partial charge in [0.2, 0.25) is 0 Å². The number of nitrogens with zero attached hydrogens (tertiary/aromatic N) is 7. The zero-order valence-corrected chi connectivity index (χ0v) is 21.7. The zero-order chi connectivity index (χ0) is 27.2. The van der Waals surface area contributed by atoms with Gasteiger partial charge in [0.05, 0.1) is 22.6 Å². The van der Waals surface area contributed by atoms with Crippen LogP contribution in [-0.2, 0) is 4.79 Å². The summed E-state index contributed by atoms with van der Waals surface area (Å²) in [5, 5.41) is 20.3. The number of fused-ring (bicyclic) bond motifs is 1. The van der Waals surface area contributed by atoms with Gasteiger partial charge >= 0.3 is 0 Å². The SMILES string of the molecule is CC(C)(O)C(=O)N1CCN(c2ncnc3c2c(-c2ccccc2F)cn3-c2cc(C#N)ccn2)C(C)(C)C1. The van der Waals surface area contributed by atoms with Crippen LogP contribution in [0.15, 0.2) is 55.1 Å². The Morgan fingerprint density at radius 3 is 2.58 bits per heavy atom. The van der Waals surface area contributed by atoms with E-state index in [1.807, 2.05) is 13.8 Å². The molecule has 4 heterocycles. The fourth-order valence-corrected chi connectivity index (χ4v) is 5.04. The van der Waals surface area contributed by atoms with Crippen LogP contribution in [-0.4, -0.2) is 66.2 Å². The Balaban J connectivity index is 1.70. The zero-order valence-electron chi connectivity index (χ0n) is 21.7. The summed E-state index contributed by atoms with van der Waals surface area (Å²) in [6.45, 7) is 8.18. The molecule has 1 aliphatic heterocycles. The van der Waals surface area contributed by atoms with Crippen LogP contribution in [0.2, 0.25) is 0 Å². The highest BCUT2D eigenvalue weighted by Crippen LogP contribution is 2.40. The monoisotopic (exact) mass is 513 g/mol. The van der Waals surface area contributed by atoms with Gasteiger partial charge in [0, 0.05) is 43.2 Å². The fraction of sp³-hybridized carbons (Fsp3) is 0.321. The molecule has 10 heteroatoms. The Morgan fingerprint density at radius 1 is 1.13 bits per heavy atom. The van der Waals surface area contributed by atoms with Crippen molar-refractivity contribution in [2.24, 2.45) is 0 Å². The van der Waals surface area contributed by atoms with Crippen LogP contribution in [0.25, 0.3) is 28.0 Å². The highest BCUT2D eigenvalue weighted by molar-refractivity contribution is 6.02. The number of aliphatic hydroxyl groups is 1. The molecule has 0 atom stereocenters. The molecule has 1 fully saturated rings. The first-order valence-electron chi connectivity index (χ1n) is 12.3. The lowest BCUT2D eigenvalue weighted by molar-refractivity contribution is -0.149. The quantitative estimate of drug-likeness (QED) is 0.443. The summed E-state index contributed by atoms with van der Waals surface area (Å²) in [5.41, 5.74) is -0.107. The standard InChI is InChI=1S/C28H28FN7O2/c1-27(2)16-34(26(37)28(3,4)38)11-12-36(27)25-23-20(19-7-5-6-8-21(19)29)15-35(24(23)32-17-33-25)22-13-18(14-30)9-10-31-22/h5-10,13,15,17,38H,11-12,16H2,1-4H3. The number of hydrogen-bond donors (Lipinski definition) is 1. The third-order valence-electron chi connectivity index (χ3n) is 6.82. The van der Waals surface area contributed by atoms with Crippen molar-refractivity contribution in [1.82, 2.24) is 24.4 Å². The highest BCUT2D eigenvalue weighted by Gasteiger charge is 2.41. The molecule has 3 aromatic heterocycles. The molecule has 5 rings (SSSR count). The lowest BCUT2D eigenvalue weighted by Gasteiger charge is -2.48. The molecule has 0 spiro atoms. The Hall–Kier alpha value is -4.36. The van der Waals surface area contributed by atoms with E-state index in [9.17, 15) is 15.2 Å². The molecule has 0 saturated carbocycles. The van der Waals surface area contributed by atoms with Crippen LogP contribution in [0, 0.1) is 17.1 Å². The van der Waals surface area contributed by atoms with Gasteiger partial charge in [-0.3, -0.25) is 9.36 Å². The normalized spacial score (nSPS) is 15.5. The second-order valence-corrected chi connectivity index (χ2v) is 10.6. The highest BCUT2D eigenvalue weighted by atomic mass is 19.1. The van der Waals surface area contributed by atoms with Crippen molar-refractivity contribution >= 4 is 22.8 Å². The summed E-state index contributed by atoms with van der Waals surface area (Å²) in [7, 11) is 0. The average molecular weight is 514 g/mol. The number of hydrogen-bond acceptors (Lipinski definition) is 7. The first kappa shape index (κ1) is 25.3. The van der Waals surface area contributed by atoms with E-state index in [0.717, 1.165) is 0 Å². The molecule has 0 bridgehead atoms. The van der Waals surface area contributed by atoms with Crippen molar-refractivity contribution in [3.63, 3.8) is 0 Å². The Morgan fingerprint density at radius 2 is 1.89 bits per heavy atom. The molecule has 0 unspecified atom stereocenters. The van der Waals surface area contributed by atoms with Crippen molar-refractivity contribution in [2.45, 2.75) is 38.8 Å². The molecule has 9 nitrogen and oxygen atoms in total. The summed E-state index contributed by atoms with van der Waals surface area (Å²) in [5.74, 6) is 0.351. The van der Waals surface area contributed by atoms with Crippen LogP contribution in [0.5, 0.6) is 0 Å². The van der Waals surface area contributed by atoms with Gasteiger partial charge in [-0.25, -0.2) is 19.3 Å². The molecule has 1 aromatic carbocycles. The number of benzene rings is 1. The molecular formula is C28H28FN7O2. The Bertz CT molecular complexity index is 1580. The van der Waals surface area contributed by atoms with Crippen molar-refractivity contribution < 1.29 is 14.3 Å². The summed E-state index contributed by atoms with van der Waals surface area (Å²) in [6.07, 6.45) is 4.77. The average Bonchev–Trinajstić information content (AvgIpc) is 3.27.